The average Bonchev–Trinajstić information content (AvgIpc) is 3.07. The number of aromatic nitrogens is 2. The maximum Gasteiger partial charge on any atom is 0.282 e. The number of nitrogens with zero attached hydrogens (tertiary/aromatic N) is 2. The topological polar surface area (TPSA) is 98.2 Å². The second-order valence-corrected chi connectivity index (χ2v) is 6.67. The Labute approximate surface area is 155 Å². The molecule has 0 bridgehead atoms. The van der Waals surface area contributed by atoms with Gasteiger partial charge in [0.15, 0.2) is 11.1 Å². The van der Waals surface area contributed by atoms with E-state index in [4.69, 9.17) is 10.3 Å². The molecule has 1 unspecified atom stereocenters. The Bertz CT molecular complexity index is 986. The molecule has 0 aliphatic heterocycles. The number of nitrogens with two attached hydrogens (primary N) is 1. The maximum atomic E-state index is 13.2. The molecule has 0 spiro atoms. The van der Waals surface area contributed by atoms with E-state index >= 15 is 0 Å². The highest BCUT2D eigenvalue weighted by Crippen LogP contribution is 2.28. The standard InChI is InChI=1S/C18H15F2N3O3S/c19-17(20)15-9-16(12-3-1-11(2-4-12)10-27(25)26)23(22-15)14-7-5-13(6-8-14)18(21)24/h1-9,17H,10H2,(H2,21,24)(H,25,26). The molecule has 3 aromatic rings. The predicted octanol–water partition coefficient (Wildman–Crippen LogP) is 3.30. The first-order valence-electron chi connectivity index (χ1n) is 7.80. The van der Waals surface area contributed by atoms with Crippen LogP contribution in [0.5, 0.6) is 0 Å². The summed E-state index contributed by atoms with van der Waals surface area (Å²) in [6.07, 6.45) is -2.74. The lowest BCUT2D eigenvalue weighted by molar-refractivity contribution is 0.1000. The van der Waals surface area contributed by atoms with Crippen molar-refractivity contribution in [2.24, 2.45) is 5.73 Å². The summed E-state index contributed by atoms with van der Waals surface area (Å²) < 4.78 is 47.5. The van der Waals surface area contributed by atoms with Crippen LogP contribution in [0.2, 0.25) is 0 Å². The van der Waals surface area contributed by atoms with E-state index in [1.807, 2.05) is 0 Å². The van der Waals surface area contributed by atoms with Crippen molar-refractivity contribution in [1.29, 1.82) is 0 Å². The molecule has 1 amide bonds. The molecular weight excluding hydrogens is 376 g/mol. The van der Waals surface area contributed by atoms with Gasteiger partial charge in [0.25, 0.3) is 6.43 Å². The lowest BCUT2D eigenvalue weighted by atomic mass is 10.1. The molecule has 6 nitrogen and oxygen atoms in total. The lowest BCUT2D eigenvalue weighted by Gasteiger charge is -2.09. The molecule has 0 radical (unpaired) electrons. The average molecular weight is 391 g/mol. The third-order valence-corrected chi connectivity index (χ3v) is 4.47. The highest BCUT2D eigenvalue weighted by atomic mass is 32.2. The molecule has 0 aliphatic carbocycles. The van der Waals surface area contributed by atoms with Crippen LogP contribution in [0.25, 0.3) is 16.9 Å². The van der Waals surface area contributed by atoms with Crippen LogP contribution in [-0.2, 0) is 16.8 Å². The molecular formula is C18H15F2N3O3S. The van der Waals surface area contributed by atoms with Crippen molar-refractivity contribution in [3.05, 3.63) is 71.4 Å². The van der Waals surface area contributed by atoms with Crippen molar-refractivity contribution in [2.75, 3.05) is 0 Å². The summed E-state index contributed by atoms with van der Waals surface area (Å²) in [6.45, 7) is 0. The summed E-state index contributed by atoms with van der Waals surface area (Å²) in [6, 6.07) is 14.0. The zero-order chi connectivity index (χ0) is 19.6. The number of halogens is 2. The summed E-state index contributed by atoms with van der Waals surface area (Å²) in [5.74, 6) is -0.608. The molecule has 1 heterocycles. The Hall–Kier alpha value is -2.91. The van der Waals surface area contributed by atoms with Crippen molar-refractivity contribution in [1.82, 2.24) is 9.78 Å². The summed E-state index contributed by atoms with van der Waals surface area (Å²) in [7, 11) is 0. The number of hydrogen-bond donors (Lipinski definition) is 2. The number of benzene rings is 2. The normalized spacial score (nSPS) is 12.3. The monoisotopic (exact) mass is 391 g/mol. The van der Waals surface area contributed by atoms with Crippen LogP contribution < -0.4 is 5.73 Å². The van der Waals surface area contributed by atoms with Crippen LogP contribution in [0, 0.1) is 0 Å². The molecule has 1 aromatic heterocycles. The van der Waals surface area contributed by atoms with Crippen LogP contribution in [0.3, 0.4) is 0 Å². The van der Waals surface area contributed by atoms with E-state index in [1.54, 1.807) is 36.4 Å². The maximum absolute atomic E-state index is 13.2. The van der Waals surface area contributed by atoms with Crippen LogP contribution in [0.15, 0.2) is 54.6 Å². The minimum atomic E-state index is -2.74. The number of amides is 1. The highest BCUT2D eigenvalue weighted by Gasteiger charge is 2.18. The van der Waals surface area contributed by atoms with Crippen LogP contribution in [0.1, 0.15) is 28.0 Å². The third-order valence-electron chi connectivity index (χ3n) is 3.89. The first-order valence-corrected chi connectivity index (χ1v) is 9.08. The van der Waals surface area contributed by atoms with Crippen molar-refractivity contribution in [3.8, 4) is 16.9 Å². The molecule has 3 rings (SSSR count). The molecule has 3 N–H and O–H groups in total. The smallest absolute Gasteiger partial charge is 0.282 e. The number of hydrogen-bond acceptors (Lipinski definition) is 3. The zero-order valence-electron chi connectivity index (χ0n) is 13.9. The van der Waals surface area contributed by atoms with E-state index in [0.29, 0.717) is 28.1 Å². The van der Waals surface area contributed by atoms with Gasteiger partial charge in [-0.1, -0.05) is 24.3 Å². The number of carbonyl (C=O) groups excluding carboxylic acids is 1. The van der Waals surface area contributed by atoms with Crippen molar-refractivity contribution < 1.29 is 22.3 Å². The third kappa shape index (κ3) is 4.26. The zero-order valence-corrected chi connectivity index (χ0v) is 14.7. The van der Waals surface area contributed by atoms with E-state index in [1.165, 1.54) is 22.9 Å². The minimum Gasteiger partial charge on any atom is -0.366 e. The van der Waals surface area contributed by atoms with Gasteiger partial charge in [-0.25, -0.2) is 17.7 Å². The first-order chi connectivity index (χ1) is 12.8. The van der Waals surface area contributed by atoms with Crippen LogP contribution in [0.4, 0.5) is 8.78 Å². The highest BCUT2D eigenvalue weighted by molar-refractivity contribution is 7.78. The van der Waals surface area contributed by atoms with Gasteiger partial charge >= 0.3 is 0 Å². The molecule has 0 aliphatic rings. The summed E-state index contributed by atoms with van der Waals surface area (Å²) in [4.78, 5) is 11.2. The second-order valence-electron chi connectivity index (χ2n) is 5.74. The Kier molecular flexibility index (Phi) is 5.43. The second kappa shape index (κ2) is 7.77. The predicted molar refractivity (Wildman–Crippen MR) is 97.0 cm³/mol. The van der Waals surface area contributed by atoms with Crippen LogP contribution >= 0.6 is 0 Å². The largest absolute Gasteiger partial charge is 0.366 e. The van der Waals surface area contributed by atoms with Crippen molar-refractivity contribution in [3.63, 3.8) is 0 Å². The minimum absolute atomic E-state index is 0.0175. The van der Waals surface area contributed by atoms with Gasteiger partial charge in [-0.05, 0) is 35.9 Å². The molecule has 0 fully saturated rings. The quantitative estimate of drug-likeness (QED) is 0.630. The first kappa shape index (κ1) is 18.9. The number of rotatable bonds is 6. The Balaban J connectivity index is 2.04. The fourth-order valence-corrected chi connectivity index (χ4v) is 3.07. The number of alkyl halides is 2. The summed E-state index contributed by atoms with van der Waals surface area (Å²) in [5.41, 5.74) is 7.29. The van der Waals surface area contributed by atoms with E-state index in [2.05, 4.69) is 5.10 Å². The summed E-state index contributed by atoms with van der Waals surface area (Å²) >= 11 is -1.96. The Morgan fingerprint density at radius 3 is 2.30 bits per heavy atom. The van der Waals surface area contributed by atoms with Gasteiger partial charge < -0.3 is 10.3 Å². The molecule has 9 heteroatoms. The van der Waals surface area contributed by atoms with Crippen molar-refractivity contribution >= 4 is 17.0 Å². The fraction of sp³-hybridized carbons (Fsp3) is 0.111. The van der Waals surface area contributed by atoms with Crippen LogP contribution in [-0.4, -0.2) is 24.4 Å². The van der Waals surface area contributed by atoms with Gasteiger partial charge in [-0.15, -0.1) is 0 Å². The van der Waals surface area contributed by atoms with Gasteiger partial charge in [0, 0.05) is 11.1 Å². The van der Waals surface area contributed by atoms with Gasteiger partial charge in [-0.3, -0.25) is 4.79 Å². The van der Waals surface area contributed by atoms with E-state index in [9.17, 15) is 17.8 Å². The SMILES string of the molecule is NC(=O)c1ccc(-n2nc(C(F)F)cc2-c2ccc(CS(=O)O)cc2)cc1. The molecule has 1 atom stereocenters. The number of primary amides is 1. The van der Waals surface area contributed by atoms with Gasteiger partial charge in [0.1, 0.15) is 5.69 Å². The molecule has 140 valence electrons. The molecule has 2 aromatic carbocycles. The van der Waals surface area contributed by atoms with Gasteiger partial charge in [0.05, 0.1) is 17.1 Å². The van der Waals surface area contributed by atoms with Gasteiger partial charge in [0.2, 0.25) is 5.91 Å². The van der Waals surface area contributed by atoms with E-state index in [-0.39, 0.29) is 11.4 Å². The van der Waals surface area contributed by atoms with E-state index < -0.39 is 23.4 Å². The van der Waals surface area contributed by atoms with Crippen molar-refractivity contribution in [2.45, 2.75) is 12.2 Å². The molecule has 0 saturated carbocycles. The number of carbonyl (C=O) groups is 1. The van der Waals surface area contributed by atoms with Gasteiger partial charge in [-0.2, -0.15) is 5.10 Å². The molecule has 0 saturated heterocycles. The fourth-order valence-electron chi connectivity index (χ4n) is 2.59. The summed E-state index contributed by atoms with van der Waals surface area (Å²) in [5, 5.41) is 3.96. The van der Waals surface area contributed by atoms with E-state index in [0.717, 1.165) is 0 Å². The molecule has 27 heavy (non-hydrogen) atoms. The Morgan fingerprint density at radius 2 is 1.78 bits per heavy atom. The lowest BCUT2D eigenvalue weighted by Crippen LogP contribution is -2.11. The Morgan fingerprint density at radius 1 is 1.15 bits per heavy atom.